The van der Waals surface area contributed by atoms with Gasteiger partial charge in [0.05, 0.1) is 23.1 Å². The average molecular weight is 492 g/mol. The van der Waals surface area contributed by atoms with Gasteiger partial charge in [-0.1, -0.05) is 30.6 Å². The number of anilines is 5. The maximum atomic E-state index is 12.6. The second-order valence-electron chi connectivity index (χ2n) is 9.52. The highest BCUT2D eigenvalue weighted by molar-refractivity contribution is 7.17. The number of likely N-dealkylation sites (N-methyl/N-ethyl adjacent to an activating group) is 1. The first-order valence-electron chi connectivity index (χ1n) is 12.2. The molecule has 3 N–H and O–H groups in total. The molecule has 10 nitrogen and oxygen atoms in total. The molecule has 0 aromatic carbocycles. The molecular weight excluding hydrogens is 462 g/mol. The average Bonchev–Trinajstić information content (AvgIpc) is 3.40. The summed E-state index contributed by atoms with van der Waals surface area (Å²) < 4.78 is 0. The Hall–Kier alpha value is -3.31. The van der Waals surface area contributed by atoms with Crippen LogP contribution < -0.4 is 20.9 Å². The number of thiazole rings is 1. The van der Waals surface area contributed by atoms with Crippen LogP contribution >= 0.6 is 11.3 Å². The molecule has 0 radical (unpaired) electrons. The van der Waals surface area contributed by atoms with E-state index in [2.05, 4.69) is 53.8 Å². The van der Waals surface area contributed by atoms with Gasteiger partial charge in [-0.05, 0) is 32.0 Å². The van der Waals surface area contributed by atoms with Gasteiger partial charge in [0.15, 0.2) is 5.13 Å². The molecule has 5 heterocycles. The van der Waals surface area contributed by atoms with Crippen LogP contribution in [0.1, 0.15) is 47.5 Å². The SMILES string of the molecule is CN1CCN(c2ccc(Nc3cc(Nc4nc5c(s4)C(=O)NC54CCCCC4)ncn3)nc2)CC1. The van der Waals surface area contributed by atoms with Gasteiger partial charge >= 0.3 is 0 Å². The molecule has 3 aromatic heterocycles. The van der Waals surface area contributed by atoms with Crippen molar-refractivity contribution in [3.05, 3.63) is 41.3 Å². The number of rotatable bonds is 5. The van der Waals surface area contributed by atoms with Crippen LogP contribution in [-0.4, -0.2) is 64.0 Å². The number of nitrogens with one attached hydrogen (secondary N) is 3. The molecule has 1 spiro atoms. The van der Waals surface area contributed by atoms with Crippen molar-refractivity contribution in [3.8, 4) is 0 Å². The summed E-state index contributed by atoms with van der Waals surface area (Å²) in [4.78, 5) is 36.0. The lowest BCUT2D eigenvalue weighted by molar-refractivity contribution is 0.0910. The van der Waals surface area contributed by atoms with E-state index in [0.29, 0.717) is 21.6 Å². The fourth-order valence-corrected chi connectivity index (χ4v) is 6.12. The predicted octanol–water partition coefficient (Wildman–Crippen LogP) is 3.47. The van der Waals surface area contributed by atoms with Gasteiger partial charge in [-0.15, -0.1) is 0 Å². The second kappa shape index (κ2) is 9.04. The molecule has 1 amide bonds. The monoisotopic (exact) mass is 491 g/mol. The van der Waals surface area contributed by atoms with Crippen LogP contribution in [0.15, 0.2) is 30.7 Å². The summed E-state index contributed by atoms with van der Waals surface area (Å²) in [5.74, 6) is 1.95. The van der Waals surface area contributed by atoms with Crippen LogP contribution in [0, 0.1) is 0 Å². The number of fused-ring (bicyclic) bond motifs is 2. The van der Waals surface area contributed by atoms with Crippen LogP contribution in [-0.2, 0) is 5.54 Å². The summed E-state index contributed by atoms with van der Waals surface area (Å²) in [7, 11) is 2.15. The van der Waals surface area contributed by atoms with Crippen LogP contribution in [0.25, 0.3) is 0 Å². The Morgan fingerprint density at radius 3 is 2.49 bits per heavy atom. The number of pyridine rings is 1. The van der Waals surface area contributed by atoms with Gasteiger partial charge in [0.2, 0.25) is 0 Å². The summed E-state index contributed by atoms with van der Waals surface area (Å²) in [6.45, 7) is 4.14. The smallest absolute Gasteiger partial charge is 0.264 e. The number of amides is 1. The van der Waals surface area contributed by atoms with Gasteiger partial charge in [-0.25, -0.2) is 19.9 Å². The number of nitrogens with zero attached hydrogens (tertiary/aromatic N) is 6. The normalized spacial score (nSPS) is 19.5. The zero-order valence-corrected chi connectivity index (χ0v) is 20.6. The number of carbonyl (C=O) groups excluding carboxylic acids is 1. The van der Waals surface area contributed by atoms with E-state index in [1.54, 1.807) is 0 Å². The molecule has 3 aromatic rings. The number of piperazine rings is 1. The van der Waals surface area contributed by atoms with Gasteiger partial charge < -0.3 is 25.8 Å². The van der Waals surface area contributed by atoms with E-state index in [1.165, 1.54) is 24.1 Å². The van der Waals surface area contributed by atoms with Crippen molar-refractivity contribution in [2.24, 2.45) is 0 Å². The molecule has 1 saturated carbocycles. The van der Waals surface area contributed by atoms with Crippen molar-refractivity contribution in [2.45, 2.75) is 37.6 Å². The Morgan fingerprint density at radius 2 is 1.74 bits per heavy atom. The van der Waals surface area contributed by atoms with E-state index in [0.717, 1.165) is 69.1 Å². The van der Waals surface area contributed by atoms with Crippen molar-refractivity contribution in [1.82, 2.24) is 30.2 Å². The first-order valence-corrected chi connectivity index (χ1v) is 13.0. The van der Waals surface area contributed by atoms with E-state index >= 15 is 0 Å². The quantitative estimate of drug-likeness (QED) is 0.494. The zero-order valence-electron chi connectivity index (χ0n) is 19.8. The van der Waals surface area contributed by atoms with Crippen LogP contribution in [0.4, 0.5) is 28.3 Å². The van der Waals surface area contributed by atoms with Crippen molar-refractivity contribution in [2.75, 3.05) is 48.8 Å². The molecule has 11 heteroatoms. The number of aromatic nitrogens is 4. The van der Waals surface area contributed by atoms with Crippen LogP contribution in [0.5, 0.6) is 0 Å². The molecule has 182 valence electrons. The van der Waals surface area contributed by atoms with E-state index in [4.69, 9.17) is 4.98 Å². The number of hydrogen-bond acceptors (Lipinski definition) is 10. The summed E-state index contributed by atoms with van der Waals surface area (Å²) in [5, 5.41) is 10.4. The second-order valence-corrected chi connectivity index (χ2v) is 10.5. The third-order valence-electron chi connectivity index (χ3n) is 7.12. The minimum Gasteiger partial charge on any atom is -0.368 e. The minimum atomic E-state index is -0.290. The Balaban J connectivity index is 1.14. The van der Waals surface area contributed by atoms with Gasteiger partial charge in [-0.2, -0.15) is 0 Å². The van der Waals surface area contributed by atoms with E-state index in [9.17, 15) is 4.79 Å². The molecule has 3 aliphatic rings. The van der Waals surface area contributed by atoms with Crippen molar-refractivity contribution in [1.29, 1.82) is 0 Å². The van der Waals surface area contributed by atoms with Gasteiger partial charge in [0, 0.05) is 32.2 Å². The number of carbonyl (C=O) groups is 1. The Morgan fingerprint density at radius 1 is 0.971 bits per heavy atom. The van der Waals surface area contributed by atoms with Crippen molar-refractivity contribution in [3.63, 3.8) is 0 Å². The predicted molar refractivity (Wildman–Crippen MR) is 137 cm³/mol. The van der Waals surface area contributed by atoms with Gasteiger partial charge in [-0.3, -0.25) is 4.79 Å². The highest BCUT2D eigenvalue weighted by atomic mass is 32.1. The standard InChI is InChI=1S/C24H29N9OS/c1-32-9-11-33(12-10-32)16-5-6-17(25-14-16)28-18-13-19(27-15-26-18)29-23-30-21-20(35-23)22(34)31-24(21)7-3-2-4-8-24/h5-6,13-15H,2-4,7-12H2,1H3,(H,31,34)(H2,25,26,27,28,29,30). The Bertz CT molecular complexity index is 1210. The summed E-state index contributed by atoms with van der Waals surface area (Å²) in [5.41, 5.74) is 1.73. The molecule has 35 heavy (non-hydrogen) atoms. The lowest BCUT2D eigenvalue weighted by Crippen LogP contribution is -2.44. The molecule has 2 aliphatic heterocycles. The highest BCUT2D eigenvalue weighted by Gasteiger charge is 2.46. The highest BCUT2D eigenvalue weighted by Crippen LogP contribution is 2.45. The molecule has 1 aliphatic carbocycles. The van der Waals surface area contributed by atoms with Crippen molar-refractivity contribution < 1.29 is 4.79 Å². The topological polar surface area (TPSA) is 111 Å². The van der Waals surface area contributed by atoms with Crippen LogP contribution in [0.2, 0.25) is 0 Å². The van der Waals surface area contributed by atoms with E-state index < -0.39 is 0 Å². The molecule has 1 saturated heterocycles. The zero-order chi connectivity index (χ0) is 23.8. The first-order chi connectivity index (χ1) is 17.1. The van der Waals surface area contributed by atoms with Gasteiger partial charge in [0.25, 0.3) is 5.91 Å². The van der Waals surface area contributed by atoms with Crippen molar-refractivity contribution >= 4 is 45.5 Å². The first kappa shape index (κ1) is 22.2. The number of hydrogen-bond donors (Lipinski definition) is 3. The fourth-order valence-electron chi connectivity index (χ4n) is 5.15. The molecule has 2 fully saturated rings. The lowest BCUT2D eigenvalue weighted by atomic mass is 9.81. The molecule has 0 bridgehead atoms. The van der Waals surface area contributed by atoms with Gasteiger partial charge in [0.1, 0.15) is 28.7 Å². The molecule has 0 atom stereocenters. The summed E-state index contributed by atoms with van der Waals surface area (Å²) in [6.07, 6.45) is 8.76. The molecule has 6 rings (SSSR count). The lowest BCUT2D eigenvalue weighted by Gasteiger charge is -2.33. The Labute approximate surface area is 208 Å². The minimum absolute atomic E-state index is 0.0106. The molecular formula is C24H29N9OS. The largest absolute Gasteiger partial charge is 0.368 e. The maximum absolute atomic E-state index is 12.6. The summed E-state index contributed by atoms with van der Waals surface area (Å²) >= 11 is 1.38. The van der Waals surface area contributed by atoms with Crippen LogP contribution in [0.3, 0.4) is 0 Å². The Kier molecular flexibility index (Phi) is 5.73. The third-order valence-corrected chi connectivity index (χ3v) is 8.09. The summed E-state index contributed by atoms with van der Waals surface area (Å²) in [6, 6.07) is 5.87. The fraction of sp³-hybridized carbons (Fsp3) is 0.458. The van der Waals surface area contributed by atoms with E-state index in [-0.39, 0.29) is 11.4 Å². The molecule has 0 unspecified atom stereocenters. The van der Waals surface area contributed by atoms with E-state index in [1.807, 2.05) is 18.3 Å². The third kappa shape index (κ3) is 4.41. The maximum Gasteiger partial charge on any atom is 0.264 e.